The normalized spacial score (nSPS) is 14.2. The number of aromatic nitrogens is 4. The summed E-state index contributed by atoms with van der Waals surface area (Å²) >= 11 is 6.18. The highest BCUT2D eigenvalue weighted by Crippen LogP contribution is 2.30. The van der Waals surface area contributed by atoms with Gasteiger partial charge in [0.1, 0.15) is 5.65 Å². The number of benzene rings is 1. The van der Waals surface area contributed by atoms with E-state index in [1.165, 1.54) is 5.57 Å². The molecular formula is C25H24ClN5O. The molecule has 32 heavy (non-hydrogen) atoms. The molecule has 0 saturated heterocycles. The predicted octanol–water partition coefficient (Wildman–Crippen LogP) is 5.45. The summed E-state index contributed by atoms with van der Waals surface area (Å²) in [6.45, 7) is 5.39. The third-order valence-electron chi connectivity index (χ3n) is 5.93. The van der Waals surface area contributed by atoms with Crippen LogP contribution in [0.4, 0.5) is 0 Å². The van der Waals surface area contributed by atoms with Gasteiger partial charge >= 0.3 is 0 Å². The third kappa shape index (κ3) is 3.60. The maximum atomic E-state index is 13.4. The molecule has 1 aliphatic heterocycles. The minimum Gasteiger partial charge on any atom is -0.346 e. The number of halogens is 1. The van der Waals surface area contributed by atoms with Crippen LogP contribution in [0.25, 0.3) is 22.3 Å². The van der Waals surface area contributed by atoms with Crippen molar-refractivity contribution in [1.29, 1.82) is 0 Å². The summed E-state index contributed by atoms with van der Waals surface area (Å²) in [7, 11) is 0. The average molecular weight is 446 g/mol. The van der Waals surface area contributed by atoms with Crippen LogP contribution in [-0.2, 0) is 0 Å². The van der Waals surface area contributed by atoms with E-state index in [2.05, 4.69) is 41.1 Å². The number of amides is 1. The lowest BCUT2D eigenvalue weighted by Crippen LogP contribution is -2.35. The molecule has 1 amide bonds. The van der Waals surface area contributed by atoms with Gasteiger partial charge in [0, 0.05) is 41.5 Å². The van der Waals surface area contributed by atoms with Gasteiger partial charge in [-0.15, -0.1) is 0 Å². The number of hydrogen-bond donors (Lipinski definition) is 1. The lowest BCUT2D eigenvalue weighted by molar-refractivity contribution is 0.0771. The molecule has 5 rings (SSSR count). The number of pyridine rings is 1. The van der Waals surface area contributed by atoms with Crippen LogP contribution < -0.4 is 0 Å². The number of carbonyl (C=O) groups is 1. The number of H-pyrrole nitrogens is 1. The van der Waals surface area contributed by atoms with Crippen molar-refractivity contribution in [3.8, 4) is 5.69 Å². The molecule has 1 N–H and O–H groups in total. The van der Waals surface area contributed by atoms with Crippen molar-refractivity contribution in [3.05, 3.63) is 82.9 Å². The second-order valence-corrected chi connectivity index (χ2v) is 8.76. The Morgan fingerprint density at radius 1 is 1.22 bits per heavy atom. The lowest BCUT2D eigenvalue weighted by atomic mass is 9.98. The monoisotopic (exact) mass is 445 g/mol. The Bertz CT molecular complexity index is 1330. The van der Waals surface area contributed by atoms with Crippen LogP contribution in [0.5, 0.6) is 0 Å². The fourth-order valence-electron chi connectivity index (χ4n) is 4.38. The van der Waals surface area contributed by atoms with E-state index in [0.29, 0.717) is 23.7 Å². The van der Waals surface area contributed by atoms with Gasteiger partial charge in [-0.2, -0.15) is 5.10 Å². The Hall–Kier alpha value is -3.38. The van der Waals surface area contributed by atoms with Crippen LogP contribution in [0.1, 0.15) is 47.8 Å². The summed E-state index contributed by atoms with van der Waals surface area (Å²) in [4.78, 5) is 22.9. The first-order valence-electron chi connectivity index (χ1n) is 10.8. The molecule has 0 saturated carbocycles. The topological polar surface area (TPSA) is 66.8 Å². The van der Waals surface area contributed by atoms with E-state index in [-0.39, 0.29) is 11.8 Å². The Kier molecular flexibility index (Phi) is 5.31. The molecular weight excluding hydrogens is 422 g/mol. The van der Waals surface area contributed by atoms with Gasteiger partial charge in [-0.05, 0) is 48.2 Å². The summed E-state index contributed by atoms with van der Waals surface area (Å²) in [5.41, 5.74) is 5.69. The Labute approximate surface area is 191 Å². The van der Waals surface area contributed by atoms with Gasteiger partial charge in [-0.25, -0.2) is 9.67 Å². The van der Waals surface area contributed by atoms with Crippen molar-refractivity contribution < 1.29 is 4.79 Å². The molecule has 0 unspecified atom stereocenters. The largest absolute Gasteiger partial charge is 0.346 e. The fraction of sp³-hybridized carbons (Fsp3) is 0.240. The van der Waals surface area contributed by atoms with Crippen molar-refractivity contribution in [2.24, 2.45) is 0 Å². The van der Waals surface area contributed by atoms with E-state index in [4.69, 9.17) is 11.6 Å². The first-order valence-corrected chi connectivity index (χ1v) is 11.2. The van der Waals surface area contributed by atoms with Gasteiger partial charge < -0.3 is 9.88 Å². The zero-order valence-corrected chi connectivity index (χ0v) is 18.8. The SMILES string of the molecule is CC(C)c1c(C(=O)N2CC=C(c3c[nH]c4ncccc34)CC2)cnn1-c1cccc(Cl)c1. The van der Waals surface area contributed by atoms with Crippen LogP contribution >= 0.6 is 11.6 Å². The highest BCUT2D eigenvalue weighted by molar-refractivity contribution is 6.30. The molecule has 4 aromatic rings. The Morgan fingerprint density at radius 2 is 2.09 bits per heavy atom. The number of rotatable bonds is 4. The number of nitrogens with one attached hydrogen (secondary N) is 1. The quantitative estimate of drug-likeness (QED) is 0.454. The van der Waals surface area contributed by atoms with Gasteiger partial charge in [-0.1, -0.05) is 37.6 Å². The zero-order valence-electron chi connectivity index (χ0n) is 18.0. The van der Waals surface area contributed by atoms with E-state index < -0.39 is 0 Å². The first kappa shape index (κ1) is 20.5. The fourth-order valence-corrected chi connectivity index (χ4v) is 4.57. The summed E-state index contributed by atoms with van der Waals surface area (Å²) in [6, 6.07) is 11.6. The molecule has 3 aromatic heterocycles. The number of fused-ring (bicyclic) bond motifs is 1. The van der Waals surface area contributed by atoms with Crippen molar-refractivity contribution >= 4 is 34.1 Å². The van der Waals surface area contributed by atoms with E-state index in [0.717, 1.165) is 34.4 Å². The maximum Gasteiger partial charge on any atom is 0.257 e. The summed E-state index contributed by atoms with van der Waals surface area (Å²) in [5, 5.41) is 6.29. The Balaban J connectivity index is 1.42. The van der Waals surface area contributed by atoms with Crippen LogP contribution in [-0.4, -0.2) is 43.6 Å². The minimum atomic E-state index is 0.0119. The molecule has 7 heteroatoms. The molecule has 0 aliphatic carbocycles. The molecule has 162 valence electrons. The van der Waals surface area contributed by atoms with Gasteiger partial charge in [0.2, 0.25) is 0 Å². The van der Waals surface area contributed by atoms with Crippen LogP contribution in [0, 0.1) is 0 Å². The Morgan fingerprint density at radius 3 is 2.84 bits per heavy atom. The molecule has 6 nitrogen and oxygen atoms in total. The van der Waals surface area contributed by atoms with E-state index in [9.17, 15) is 4.79 Å². The zero-order chi connectivity index (χ0) is 22.2. The highest BCUT2D eigenvalue weighted by atomic mass is 35.5. The predicted molar refractivity (Wildman–Crippen MR) is 127 cm³/mol. The minimum absolute atomic E-state index is 0.0119. The average Bonchev–Trinajstić information content (AvgIpc) is 3.44. The van der Waals surface area contributed by atoms with Gasteiger partial charge in [0.15, 0.2) is 0 Å². The lowest BCUT2D eigenvalue weighted by Gasteiger charge is -2.27. The molecule has 0 spiro atoms. The van der Waals surface area contributed by atoms with Crippen molar-refractivity contribution in [1.82, 2.24) is 24.6 Å². The second-order valence-electron chi connectivity index (χ2n) is 8.32. The molecule has 1 aromatic carbocycles. The molecule has 0 fully saturated rings. The number of aromatic amines is 1. The molecule has 4 heterocycles. The van der Waals surface area contributed by atoms with Crippen LogP contribution in [0.3, 0.4) is 0 Å². The van der Waals surface area contributed by atoms with Gasteiger partial charge in [-0.3, -0.25) is 4.79 Å². The third-order valence-corrected chi connectivity index (χ3v) is 6.17. The second kappa shape index (κ2) is 8.28. The van der Waals surface area contributed by atoms with Crippen LogP contribution in [0.2, 0.25) is 5.02 Å². The smallest absolute Gasteiger partial charge is 0.257 e. The first-order chi connectivity index (χ1) is 15.5. The van der Waals surface area contributed by atoms with Crippen LogP contribution in [0.15, 0.2) is 61.1 Å². The molecule has 0 bridgehead atoms. The molecule has 0 radical (unpaired) electrons. The van der Waals surface area contributed by atoms with Crippen molar-refractivity contribution in [3.63, 3.8) is 0 Å². The van der Waals surface area contributed by atoms with E-state index in [1.54, 1.807) is 12.4 Å². The standard InChI is InChI=1S/C25H24ClN5O/c1-16(2)23-22(15-29-31(23)19-6-3-5-18(26)13-19)25(32)30-11-8-17(9-12-30)21-14-28-24-20(21)7-4-10-27-24/h3-8,10,13-16H,9,11-12H2,1-2H3,(H,27,28). The number of carbonyl (C=O) groups excluding carboxylic acids is 1. The summed E-state index contributed by atoms with van der Waals surface area (Å²) in [5.74, 6) is 0.142. The van der Waals surface area contributed by atoms with Gasteiger partial charge in [0.25, 0.3) is 5.91 Å². The van der Waals surface area contributed by atoms with Gasteiger partial charge in [0.05, 0.1) is 23.1 Å². The van der Waals surface area contributed by atoms with E-state index >= 15 is 0 Å². The number of hydrogen-bond acceptors (Lipinski definition) is 3. The van der Waals surface area contributed by atoms with Crippen molar-refractivity contribution in [2.45, 2.75) is 26.2 Å². The van der Waals surface area contributed by atoms with E-state index in [1.807, 2.05) is 46.1 Å². The van der Waals surface area contributed by atoms with Crippen molar-refractivity contribution in [2.75, 3.05) is 13.1 Å². The molecule has 1 aliphatic rings. The molecule has 0 atom stereocenters. The summed E-state index contributed by atoms with van der Waals surface area (Å²) < 4.78 is 1.83. The highest BCUT2D eigenvalue weighted by Gasteiger charge is 2.26. The summed E-state index contributed by atoms with van der Waals surface area (Å²) in [6.07, 6.45) is 8.42. The maximum absolute atomic E-state index is 13.4. The number of nitrogens with zero attached hydrogens (tertiary/aromatic N) is 4.